The SMILES string of the molecule is C.C.C.CCN.CCNC(=O)CCN1C(=O)C=CC1=O.NC(=O)CNC(=O)CCN1C(=O)C=CC1=O.S=PP=S. The van der Waals surface area contributed by atoms with Gasteiger partial charge in [0.25, 0.3) is 23.6 Å². The van der Waals surface area contributed by atoms with Crippen LogP contribution >= 0.6 is 14.1 Å². The normalized spacial score (nSPS) is 12.4. The third-order valence-corrected chi connectivity index (χ3v) is 6.46. The summed E-state index contributed by atoms with van der Waals surface area (Å²) >= 11 is 8.82. The van der Waals surface area contributed by atoms with Gasteiger partial charge in [0.1, 0.15) is 0 Å². The molecule has 2 aliphatic heterocycles. The van der Waals surface area contributed by atoms with Crippen LogP contribution in [0.5, 0.6) is 0 Å². The first-order valence-electron chi connectivity index (χ1n) is 10.7. The highest BCUT2D eigenvalue weighted by Gasteiger charge is 2.24. The minimum atomic E-state index is -0.650. The second-order valence-corrected chi connectivity index (χ2v) is 10.8. The number of nitrogens with one attached hydrogen (secondary N) is 2. The van der Waals surface area contributed by atoms with Gasteiger partial charge < -0.3 is 22.1 Å². The lowest BCUT2D eigenvalue weighted by atomic mass is 10.3. The Kier molecular flexibility index (Phi) is 34.3. The number of hydrogen-bond acceptors (Lipinski definition) is 10. The maximum absolute atomic E-state index is 11.1. The minimum Gasteiger partial charge on any atom is -0.368 e. The lowest BCUT2D eigenvalue weighted by Crippen LogP contribution is -2.37. The molecule has 0 aliphatic carbocycles. The van der Waals surface area contributed by atoms with Crippen LogP contribution in [-0.4, -0.2) is 83.9 Å². The zero-order chi connectivity index (χ0) is 28.8. The van der Waals surface area contributed by atoms with E-state index in [-0.39, 0.29) is 72.5 Å². The maximum Gasteiger partial charge on any atom is 0.253 e. The van der Waals surface area contributed by atoms with Crippen LogP contribution in [0.25, 0.3) is 0 Å². The molecular weight excluding hydrogens is 598 g/mol. The summed E-state index contributed by atoms with van der Waals surface area (Å²) in [5.74, 6) is -2.81. The number of rotatable bonds is 10. The smallest absolute Gasteiger partial charge is 0.253 e. The Labute approximate surface area is 250 Å². The second kappa shape index (κ2) is 29.2. The molecule has 40 heavy (non-hydrogen) atoms. The van der Waals surface area contributed by atoms with Gasteiger partial charge in [0.2, 0.25) is 17.7 Å². The van der Waals surface area contributed by atoms with Crippen molar-refractivity contribution in [3.8, 4) is 0 Å². The van der Waals surface area contributed by atoms with E-state index in [1.54, 1.807) is 0 Å². The fourth-order valence-corrected chi connectivity index (χ4v) is 2.29. The molecule has 2 aliphatic rings. The molecule has 0 saturated carbocycles. The highest BCUT2D eigenvalue weighted by atomic mass is 32.7. The number of hydrogen-bond donors (Lipinski definition) is 4. The standard InChI is InChI=1S/C9H11N3O4.C9H12N2O3.C2H7N.3CH4.P2S2/c10-6(13)5-11-7(14)3-4-12-8(15)1-2-9(12)16;1-2-10-7(12)5-6-11-8(13)3-4-9(11)14;1-2-3;;;;3-1-2-4/h1-2H,3-5H2,(H2,10,13)(H,11,14);3-4H,2,5-6H2,1H3,(H,10,12);2-3H2,1H3;3*1H4;. The summed E-state index contributed by atoms with van der Waals surface area (Å²) in [7, 11) is 1.74. The Bertz CT molecular complexity index is 891. The Morgan fingerprint density at radius 1 is 0.750 bits per heavy atom. The van der Waals surface area contributed by atoms with Crippen molar-refractivity contribution >= 4 is 79.1 Å². The molecule has 0 aromatic carbocycles. The van der Waals surface area contributed by atoms with Crippen LogP contribution in [0.3, 0.4) is 0 Å². The highest BCUT2D eigenvalue weighted by Crippen LogP contribution is 2.10. The van der Waals surface area contributed by atoms with E-state index in [9.17, 15) is 33.6 Å². The van der Waals surface area contributed by atoms with Crippen LogP contribution in [0.1, 0.15) is 49.0 Å². The molecule has 2 heterocycles. The number of amides is 7. The van der Waals surface area contributed by atoms with Gasteiger partial charge in [-0.25, -0.2) is 0 Å². The molecule has 0 spiro atoms. The summed E-state index contributed by atoms with van der Waals surface area (Å²) < 4.78 is 0. The first-order valence-corrected chi connectivity index (χ1v) is 15.2. The zero-order valence-corrected chi connectivity index (χ0v) is 23.8. The van der Waals surface area contributed by atoms with Crippen molar-refractivity contribution in [2.75, 3.05) is 32.7 Å². The lowest BCUT2D eigenvalue weighted by Gasteiger charge is -2.12. The van der Waals surface area contributed by atoms with E-state index < -0.39 is 23.6 Å². The third kappa shape index (κ3) is 23.1. The van der Waals surface area contributed by atoms with E-state index in [1.165, 1.54) is 12.2 Å². The van der Waals surface area contributed by atoms with Crippen molar-refractivity contribution in [3.63, 3.8) is 0 Å². The fraction of sp³-hybridized carbons (Fsp3) is 0.522. The van der Waals surface area contributed by atoms with Crippen molar-refractivity contribution in [1.29, 1.82) is 0 Å². The van der Waals surface area contributed by atoms with Gasteiger partial charge in [-0.1, -0.05) is 29.2 Å². The zero-order valence-electron chi connectivity index (χ0n) is 20.4. The van der Waals surface area contributed by atoms with Crippen LogP contribution in [0.4, 0.5) is 0 Å². The van der Waals surface area contributed by atoms with Gasteiger partial charge in [-0.05, 0) is 37.1 Å². The van der Waals surface area contributed by atoms with E-state index in [4.69, 9.17) is 11.5 Å². The Morgan fingerprint density at radius 2 is 1.05 bits per heavy atom. The number of carbonyl (C=O) groups is 7. The quantitative estimate of drug-likeness (QED) is 0.197. The van der Waals surface area contributed by atoms with Gasteiger partial charge >= 0.3 is 0 Å². The van der Waals surface area contributed by atoms with Gasteiger partial charge in [0.15, 0.2) is 0 Å². The molecule has 7 amide bonds. The Hall–Kier alpha value is -2.83. The van der Waals surface area contributed by atoms with Gasteiger partial charge in [-0.2, -0.15) is 0 Å². The summed E-state index contributed by atoms with van der Waals surface area (Å²) in [5, 5.41) is 4.84. The molecule has 0 aromatic rings. The van der Waals surface area contributed by atoms with Crippen LogP contribution in [0.15, 0.2) is 24.3 Å². The first kappa shape index (κ1) is 47.0. The minimum absolute atomic E-state index is 0. The molecule has 17 heteroatoms. The maximum atomic E-state index is 11.1. The molecule has 2 rings (SSSR count). The van der Waals surface area contributed by atoms with E-state index in [1.807, 2.05) is 13.8 Å². The van der Waals surface area contributed by atoms with Crippen molar-refractivity contribution in [1.82, 2.24) is 20.4 Å². The highest BCUT2D eigenvalue weighted by molar-refractivity contribution is 8.40. The van der Waals surface area contributed by atoms with Gasteiger partial charge in [-0.15, -0.1) is 0 Å². The molecular formula is C23H42N6O7P2S2. The van der Waals surface area contributed by atoms with E-state index in [2.05, 4.69) is 34.2 Å². The molecule has 6 N–H and O–H groups in total. The van der Waals surface area contributed by atoms with Crippen LogP contribution in [0.2, 0.25) is 0 Å². The molecule has 0 saturated heterocycles. The fourth-order valence-electron chi connectivity index (χ4n) is 2.29. The van der Waals surface area contributed by atoms with Crippen LogP contribution in [0, 0.1) is 0 Å². The molecule has 0 unspecified atom stereocenters. The van der Waals surface area contributed by atoms with Crippen molar-refractivity contribution in [3.05, 3.63) is 24.3 Å². The summed E-state index contributed by atoms with van der Waals surface area (Å²) in [6.45, 7) is 4.91. The molecule has 0 aromatic heterocycles. The predicted molar refractivity (Wildman–Crippen MR) is 165 cm³/mol. The summed E-state index contributed by atoms with van der Waals surface area (Å²) in [5.41, 5.74) is 9.67. The van der Waals surface area contributed by atoms with E-state index in [0.29, 0.717) is 6.54 Å². The average molecular weight is 641 g/mol. The second-order valence-electron chi connectivity index (χ2n) is 6.59. The van der Waals surface area contributed by atoms with Crippen molar-refractivity contribution in [2.45, 2.75) is 49.0 Å². The number of nitrogens with zero attached hydrogens (tertiary/aromatic N) is 2. The van der Waals surface area contributed by atoms with Crippen LogP contribution < -0.4 is 22.1 Å². The summed E-state index contributed by atoms with van der Waals surface area (Å²) in [6.07, 6.45) is 4.81. The molecule has 0 atom stereocenters. The summed E-state index contributed by atoms with van der Waals surface area (Å²) in [4.78, 5) is 78.7. The monoisotopic (exact) mass is 640 g/mol. The number of imide groups is 2. The number of carbonyl (C=O) groups excluding carboxylic acids is 7. The van der Waals surface area contributed by atoms with Crippen molar-refractivity contribution < 1.29 is 33.6 Å². The number of nitrogens with two attached hydrogens (primary N) is 2. The lowest BCUT2D eigenvalue weighted by molar-refractivity contribution is -0.139. The van der Waals surface area contributed by atoms with E-state index in [0.717, 1.165) is 42.6 Å². The average Bonchev–Trinajstić information content (AvgIpc) is 3.35. The van der Waals surface area contributed by atoms with Crippen LogP contribution in [-0.2, 0) is 57.2 Å². The Balaban J connectivity index is -0.000000157. The van der Waals surface area contributed by atoms with Gasteiger partial charge in [0.05, 0.1) is 6.54 Å². The summed E-state index contributed by atoms with van der Waals surface area (Å²) in [6, 6.07) is 0. The van der Waals surface area contributed by atoms with Gasteiger partial charge in [-0.3, -0.25) is 43.4 Å². The largest absolute Gasteiger partial charge is 0.368 e. The molecule has 0 radical (unpaired) electrons. The van der Waals surface area contributed by atoms with E-state index >= 15 is 0 Å². The molecule has 13 nitrogen and oxygen atoms in total. The Morgan fingerprint density at radius 3 is 1.30 bits per heavy atom. The topological polar surface area (TPSA) is 202 Å². The predicted octanol–water partition coefficient (Wildman–Crippen LogP) is 0.932. The first-order chi connectivity index (χ1) is 17.5. The van der Waals surface area contributed by atoms with Gasteiger partial charge in [0, 0.05) is 70.9 Å². The molecule has 0 fully saturated rings. The molecule has 0 bridgehead atoms. The van der Waals surface area contributed by atoms with Crippen molar-refractivity contribution in [2.24, 2.45) is 11.5 Å². The molecule has 228 valence electrons. The number of primary amides is 1. The third-order valence-electron chi connectivity index (χ3n) is 3.79.